The van der Waals surface area contributed by atoms with Crippen LogP contribution in [0.2, 0.25) is 0 Å². The monoisotopic (exact) mass is 224 g/mol. The molecule has 0 aliphatic rings. The van der Waals surface area contributed by atoms with Crippen molar-refractivity contribution in [2.24, 2.45) is 11.7 Å². The van der Waals surface area contributed by atoms with Crippen molar-refractivity contribution < 1.29 is 4.79 Å². The first-order valence-electron chi connectivity index (χ1n) is 5.57. The topological polar surface area (TPSA) is 72.9 Å². The second-order valence-electron chi connectivity index (χ2n) is 4.29. The Morgan fingerprint density at radius 1 is 1.56 bits per heavy atom. The highest BCUT2D eigenvalue weighted by Gasteiger charge is 2.14. The van der Waals surface area contributed by atoms with Gasteiger partial charge in [0.1, 0.15) is 5.69 Å². The van der Waals surface area contributed by atoms with Gasteiger partial charge in [-0.3, -0.25) is 4.79 Å². The van der Waals surface area contributed by atoms with Crippen LogP contribution in [0.5, 0.6) is 0 Å². The molecule has 1 atom stereocenters. The molecular weight excluding hydrogens is 204 g/mol. The summed E-state index contributed by atoms with van der Waals surface area (Å²) in [6.07, 6.45) is 3.34. The highest BCUT2D eigenvalue weighted by atomic mass is 16.1. The SMILES string of the molecule is CC(C)C(C)NC(=O)c1cn(CCN)cn1. The van der Waals surface area contributed by atoms with Gasteiger partial charge in [-0.15, -0.1) is 0 Å². The fourth-order valence-corrected chi connectivity index (χ4v) is 1.20. The number of amides is 1. The molecule has 0 bridgehead atoms. The molecule has 0 spiro atoms. The van der Waals surface area contributed by atoms with Crippen LogP contribution in [0.1, 0.15) is 31.3 Å². The third-order valence-electron chi connectivity index (χ3n) is 2.61. The van der Waals surface area contributed by atoms with Gasteiger partial charge in [0, 0.05) is 25.3 Å². The number of nitrogens with zero attached hydrogens (tertiary/aromatic N) is 2. The molecule has 0 aliphatic carbocycles. The van der Waals surface area contributed by atoms with E-state index < -0.39 is 0 Å². The average Bonchev–Trinajstić information content (AvgIpc) is 2.66. The van der Waals surface area contributed by atoms with Crippen LogP contribution in [0.4, 0.5) is 0 Å². The molecule has 1 unspecified atom stereocenters. The van der Waals surface area contributed by atoms with Crippen molar-refractivity contribution >= 4 is 5.91 Å². The van der Waals surface area contributed by atoms with E-state index in [0.29, 0.717) is 24.7 Å². The molecule has 1 rings (SSSR count). The van der Waals surface area contributed by atoms with Crippen molar-refractivity contribution in [2.45, 2.75) is 33.4 Å². The van der Waals surface area contributed by atoms with Crippen molar-refractivity contribution in [3.63, 3.8) is 0 Å². The first-order valence-corrected chi connectivity index (χ1v) is 5.57. The summed E-state index contributed by atoms with van der Waals surface area (Å²) in [4.78, 5) is 15.8. The Balaban J connectivity index is 2.59. The summed E-state index contributed by atoms with van der Waals surface area (Å²) in [5, 5.41) is 2.91. The average molecular weight is 224 g/mol. The molecule has 0 radical (unpaired) electrons. The molecule has 0 fully saturated rings. The Bertz CT molecular complexity index is 346. The normalized spacial score (nSPS) is 12.8. The van der Waals surface area contributed by atoms with Gasteiger partial charge in [-0.05, 0) is 12.8 Å². The summed E-state index contributed by atoms with van der Waals surface area (Å²) in [7, 11) is 0. The second kappa shape index (κ2) is 5.65. The van der Waals surface area contributed by atoms with Crippen molar-refractivity contribution in [3.8, 4) is 0 Å². The number of imidazole rings is 1. The molecule has 0 saturated carbocycles. The Hall–Kier alpha value is -1.36. The summed E-state index contributed by atoms with van der Waals surface area (Å²) in [6, 6.07) is 0.146. The summed E-state index contributed by atoms with van der Waals surface area (Å²) >= 11 is 0. The number of aromatic nitrogens is 2. The molecule has 5 nitrogen and oxygen atoms in total. The van der Waals surface area contributed by atoms with Gasteiger partial charge in [-0.25, -0.2) is 4.98 Å². The molecule has 16 heavy (non-hydrogen) atoms. The lowest BCUT2D eigenvalue weighted by atomic mass is 10.1. The van der Waals surface area contributed by atoms with E-state index in [1.54, 1.807) is 12.5 Å². The lowest BCUT2D eigenvalue weighted by molar-refractivity contribution is 0.0926. The van der Waals surface area contributed by atoms with Crippen LogP contribution in [0.3, 0.4) is 0 Å². The van der Waals surface area contributed by atoms with Gasteiger partial charge in [-0.2, -0.15) is 0 Å². The molecule has 1 aromatic heterocycles. The van der Waals surface area contributed by atoms with Crippen LogP contribution < -0.4 is 11.1 Å². The van der Waals surface area contributed by atoms with E-state index in [-0.39, 0.29) is 11.9 Å². The maximum Gasteiger partial charge on any atom is 0.271 e. The zero-order valence-electron chi connectivity index (χ0n) is 10.1. The summed E-state index contributed by atoms with van der Waals surface area (Å²) in [6.45, 7) is 7.34. The van der Waals surface area contributed by atoms with Crippen LogP contribution in [-0.4, -0.2) is 28.0 Å². The molecule has 1 amide bonds. The first-order chi connectivity index (χ1) is 7.54. The number of rotatable bonds is 5. The van der Waals surface area contributed by atoms with Crippen molar-refractivity contribution in [2.75, 3.05) is 6.54 Å². The molecule has 0 saturated heterocycles. The fourth-order valence-electron chi connectivity index (χ4n) is 1.20. The third kappa shape index (κ3) is 3.34. The van der Waals surface area contributed by atoms with Crippen LogP contribution in [0.15, 0.2) is 12.5 Å². The van der Waals surface area contributed by atoms with E-state index >= 15 is 0 Å². The number of hydrogen-bond acceptors (Lipinski definition) is 3. The second-order valence-corrected chi connectivity index (χ2v) is 4.29. The summed E-state index contributed by atoms with van der Waals surface area (Å²) in [5.41, 5.74) is 5.86. The molecule has 1 aromatic rings. The van der Waals surface area contributed by atoms with Gasteiger partial charge >= 0.3 is 0 Å². The highest BCUT2D eigenvalue weighted by molar-refractivity contribution is 5.92. The van der Waals surface area contributed by atoms with E-state index in [9.17, 15) is 4.79 Å². The van der Waals surface area contributed by atoms with E-state index in [4.69, 9.17) is 5.73 Å². The fraction of sp³-hybridized carbons (Fsp3) is 0.636. The third-order valence-corrected chi connectivity index (χ3v) is 2.61. The van der Waals surface area contributed by atoms with Crippen LogP contribution >= 0.6 is 0 Å². The summed E-state index contributed by atoms with van der Waals surface area (Å²) in [5.74, 6) is 0.284. The van der Waals surface area contributed by atoms with Gasteiger partial charge in [-0.1, -0.05) is 13.8 Å². The molecule has 0 aliphatic heterocycles. The van der Waals surface area contributed by atoms with Crippen molar-refractivity contribution in [1.82, 2.24) is 14.9 Å². The molecule has 90 valence electrons. The minimum atomic E-state index is -0.128. The molecule has 3 N–H and O–H groups in total. The van der Waals surface area contributed by atoms with Gasteiger partial charge in [0.25, 0.3) is 5.91 Å². The van der Waals surface area contributed by atoms with Crippen LogP contribution in [0.25, 0.3) is 0 Å². The maximum absolute atomic E-state index is 11.8. The zero-order chi connectivity index (χ0) is 12.1. The largest absolute Gasteiger partial charge is 0.348 e. The Labute approximate surface area is 96.0 Å². The number of carbonyl (C=O) groups is 1. The number of nitrogens with two attached hydrogens (primary N) is 1. The Morgan fingerprint density at radius 2 is 2.25 bits per heavy atom. The lowest BCUT2D eigenvalue weighted by Crippen LogP contribution is -2.36. The Morgan fingerprint density at radius 3 is 2.81 bits per heavy atom. The minimum absolute atomic E-state index is 0.128. The van der Waals surface area contributed by atoms with Crippen LogP contribution in [0, 0.1) is 5.92 Å². The van der Waals surface area contributed by atoms with E-state index in [1.165, 1.54) is 0 Å². The van der Waals surface area contributed by atoms with Gasteiger partial charge in [0.2, 0.25) is 0 Å². The number of hydrogen-bond donors (Lipinski definition) is 2. The van der Waals surface area contributed by atoms with E-state index in [0.717, 1.165) is 0 Å². The number of nitrogens with one attached hydrogen (secondary N) is 1. The predicted octanol–water partition coefficient (Wildman–Crippen LogP) is 0.616. The van der Waals surface area contributed by atoms with E-state index in [1.807, 2.05) is 11.5 Å². The lowest BCUT2D eigenvalue weighted by Gasteiger charge is -2.16. The maximum atomic E-state index is 11.8. The van der Waals surface area contributed by atoms with Crippen molar-refractivity contribution in [1.29, 1.82) is 0 Å². The summed E-state index contributed by atoms with van der Waals surface area (Å²) < 4.78 is 1.81. The molecule has 0 aromatic carbocycles. The number of carbonyl (C=O) groups excluding carboxylic acids is 1. The first kappa shape index (κ1) is 12.7. The minimum Gasteiger partial charge on any atom is -0.348 e. The molecule has 1 heterocycles. The van der Waals surface area contributed by atoms with E-state index in [2.05, 4.69) is 24.1 Å². The van der Waals surface area contributed by atoms with Gasteiger partial charge in [0.05, 0.1) is 6.33 Å². The predicted molar refractivity (Wildman–Crippen MR) is 63.0 cm³/mol. The highest BCUT2D eigenvalue weighted by Crippen LogP contribution is 2.02. The molecule has 5 heteroatoms. The zero-order valence-corrected chi connectivity index (χ0v) is 10.1. The van der Waals surface area contributed by atoms with Gasteiger partial charge < -0.3 is 15.6 Å². The van der Waals surface area contributed by atoms with Gasteiger partial charge in [0.15, 0.2) is 0 Å². The standard InChI is InChI=1S/C11H20N4O/c1-8(2)9(3)14-11(16)10-6-15(5-4-12)7-13-10/h6-9H,4-5,12H2,1-3H3,(H,14,16). The quantitative estimate of drug-likeness (QED) is 0.770. The molecular formula is C11H20N4O. The van der Waals surface area contributed by atoms with Crippen LogP contribution in [-0.2, 0) is 6.54 Å². The smallest absolute Gasteiger partial charge is 0.271 e. The Kier molecular flexibility index (Phi) is 4.49. The van der Waals surface area contributed by atoms with Crippen molar-refractivity contribution in [3.05, 3.63) is 18.2 Å².